The smallest absolute Gasteiger partial charge is 0.119 e. The van der Waals surface area contributed by atoms with Crippen molar-refractivity contribution in [2.45, 2.75) is 38.5 Å². The summed E-state index contributed by atoms with van der Waals surface area (Å²) >= 11 is 0. The molecule has 2 aromatic rings. The number of azo groups is 1. The lowest BCUT2D eigenvalue weighted by Crippen LogP contribution is -1.97. The molecule has 0 unspecified atom stereocenters. The number of ether oxygens (including phenoxy) is 1. The third-order valence-electron chi connectivity index (χ3n) is 3.60. The van der Waals surface area contributed by atoms with Crippen LogP contribution in [0.15, 0.2) is 59.0 Å². The van der Waals surface area contributed by atoms with E-state index >= 15 is 0 Å². The molecule has 5 heteroatoms. The van der Waals surface area contributed by atoms with E-state index in [1.54, 1.807) is 12.4 Å². The summed E-state index contributed by atoms with van der Waals surface area (Å²) in [6, 6.07) is 11.3. The molecule has 0 bridgehead atoms. The standard InChI is InChI=1S/C19H25N3O2/c23-15-5-3-1-2-4-6-16-24-19-9-7-17(8-10-19)21-22-18-11-13-20-14-12-18/h7-14,23H,1-6,15-16H2. The number of nitrogens with zero attached hydrogens (tertiary/aromatic N) is 3. The van der Waals surface area contributed by atoms with Crippen LogP contribution in [0.3, 0.4) is 0 Å². The van der Waals surface area contributed by atoms with E-state index in [1.165, 1.54) is 19.3 Å². The van der Waals surface area contributed by atoms with Crippen molar-refractivity contribution in [3.8, 4) is 5.75 Å². The summed E-state index contributed by atoms with van der Waals surface area (Å²) in [5.41, 5.74) is 1.58. The van der Waals surface area contributed by atoms with E-state index in [-0.39, 0.29) is 0 Å². The van der Waals surface area contributed by atoms with Crippen molar-refractivity contribution in [3.63, 3.8) is 0 Å². The van der Waals surface area contributed by atoms with E-state index in [0.717, 1.165) is 43.0 Å². The predicted molar refractivity (Wildman–Crippen MR) is 95.1 cm³/mol. The summed E-state index contributed by atoms with van der Waals surface area (Å²) in [6.45, 7) is 1.04. The van der Waals surface area contributed by atoms with Crippen molar-refractivity contribution >= 4 is 11.4 Å². The highest BCUT2D eigenvalue weighted by molar-refractivity contribution is 5.42. The number of hydrogen-bond acceptors (Lipinski definition) is 5. The minimum absolute atomic E-state index is 0.307. The van der Waals surface area contributed by atoms with Gasteiger partial charge in [0, 0.05) is 19.0 Å². The fraction of sp³-hybridized carbons (Fsp3) is 0.421. The molecule has 1 N–H and O–H groups in total. The zero-order chi connectivity index (χ0) is 16.9. The highest BCUT2D eigenvalue weighted by atomic mass is 16.5. The molecule has 0 amide bonds. The molecule has 1 aromatic heterocycles. The van der Waals surface area contributed by atoms with Crippen LogP contribution >= 0.6 is 0 Å². The van der Waals surface area contributed by atoms with Gasteiger partial charge in [-0.05, 0) is 49.2 Å². The molecule has 0 saturated carbocycles. The van der Waals surface area contributed by atoms with Crippen molar-refractivity contribution < 1.29 is 9.84 Å². The van der Waals surface area contributed by atoms with E-state index in [4.69, 9.17) is 9.84 Å². The number of aromatic nitrogens is 1. The maximum atomic E-state index is 8.71. The molecule has 0 fully saturated rings. The lowest BCUT2D eigenvalue weighted by Gasteiger charge is -2.06. The molecule has 1 heterocycles. The van der Waals surface area contributed by atoms with Gasteiger partial charge in [0.2, 0.25) is 0 Å². The van der Waals surface area contributed by atoms with Crippen LogP contribution < -0.4 is 4.74 Å². The van der Waals surface area contributed by atoms with Gasteiger partial charge in [0.05, 0.1) is 18.0 Å². The molecule has 0 spiro atoms. The Bertz CT molecular complexity index is 585. The van der Waals surface area contributed by atoms with E-state index in [2.05, 4.69) is 15.2 Å². The number of pyridine rings is 1. The summed E-state index contributed by atoms with van der Waals surface area (Å²) in [5, 5.41) is 17.0. The number of benzene rings is 1. The SMILES string of the molecule is OCCCCCCCCOc1ccc(N=Nc2ccncc2)cc1. The molecule has 2 rings (SSSR count). The van der Waals surface area contributed by atoms with Gasteiger partial charge in [-0.3, -0.25) is 4.98 Å². The van der Waals surface area contributed by atoms with E-state index in [0.29, 0.717) is 6.61 Å². The van der Waals surface area contributed by atoms with Crippen LogP contribution in [-0.4, -0.2) is 23.3 Å². The lowest BCUT2D eigenvalue weighted by atomic mass is 10.1. The Morgan fingerprint density at radius 3 is 2.00 bits per heavy atom. The molecular formula is C19H25N3O2. The number of unbranched alkanes of at least 4 members (excludes halogenated alkanes) is 5. The zero-order valence-corrected chi connectivity index (χ0v) is 14.0. The first-order valence-corrected chi connectivity index (χ1v) is 8.54. The average molecular weight is 327 g/mol. The van der Waals surface area contributed by atoms with Gasteiger partial charge < -0.3 is 9.84 Å². The summed E-state index contributed by atoms with van der Waals surface area (Å²) in [7, 11) is 0. The fourth-order valence-corrected chi connectivity index (χ4v) is 2.25. The Hall–Kier alpha value is -2.27. The molecule has 0 aliphatic heterocycles. The fourth-order valence-electron chi connectivity index (χ4n) is 2.25. The quantitative estimate of drug-likeness (QED) is 0.455. The number of rotatable bonds is 11. The van der Waals surface area contributed by atoms with Gasteiger partial charge in [-0.25, -0.2) is 0 Å². The second-order valence-corrected chi connectivity index (χ2v) is 5.59. The van der Waals surface area contributed by atoms with Gasteiger partial charge in [-0.1, -0.05) is 25.7 Å². The largest absolute Gasteiger partial charge is 0.494 e. The van der Waals surface area contributed by atoms with Crippen LogP contribution in [0.25, 0.3) is 0 Å². The summed E-state index contributed by atoms with van der Waals surface area (Å²) in [6.07, 6.45) is 10.0. The predicted octanol–water partition coefficient (Wildman–Crippen LogP) is 5.21. The van der Waals surface area contributed by atoms with Crippen LogP contribution in [0.1, 0.15) is 38.5 Å². The van der Waals surface area contributed by atoms with Gasteiger partial charge in [0.1, 0.15) is 5.75 Å². The Labute approximate surface area is 143 Å². The number of aliphatic hydroxyl groups excluding tert-OH is 1. The van der Waals surface area contributed by atoms with E-state index in [1.807, 2.05) is 36.4 Å². The highest BCUT2D eigenvalue weighted by Crippen LogP contribution is 2.21. The highest BCUT2D eigenvalue weighted by Gasteiger charge is 1.96. The van der Waals surface area contributed by atoms with Gasteiger partial charge in [0.25, 0.3) is 0 Å². The van der Waals surface area contributed by atoms with E-state index < -0.39 is 0 Å². The maximum Gasteiger partial charge on any atom is 0.119 e. The van der Waals surface area contributed by atoms with Crippen molar-refractivity contribution in [1.82, 2.24) is 4.98 Å². The van der Waals surface area contributed by atoms with Crippen LogP contribution in [0, 0.1) is 0 Å². The Kier molecular flexibility index (Phi) is 8.51. The first kappa shape index (κ1) is 18.1. The minimum Gasteiger partial charge on any atom is -0.494 e. The van der Waals surface area contributed by atoms with Crippen molar-refractivity contribution in [2.75, 3.05) is 13.2 Å². The van der Waals surface area contributed by atoms with Gasteiger partial charge >= 0.3 is 0 Å². The summed E-state index contributed by atoms with van der Waals surface area (Å²) < 4.78 is 5.73. The third kappa shape index (κ3) is 7.33. The van der Waals surface area contributed by atoms with Crippen LogP contribution in [-0.2, 0) is 0 Å². The molecular weight excluding hydrogens is 302 g/mol. The molecule has 5 nitrogen and oxygen atoms in total. The maximum absolute atomic E-state index is 8.71. The molecule has 1 aromatic carbocycles. The Morgan fingerprint density at radius 2 is 1.33 bits per heavy atom. The second kappa shape index (κ2) is 11.3. The molecule has 0 saturated heterocycles. The average Bonchev–Trinajstić information content (AvgIpc) is 2.64. The molecule has 128 valence electrons. The topological polar surface area (TPSA) is 67.1 Å². The monoisotopic (exact) mass is 327 g/mol. The van der Waals surface area contributed by atoms with Crippen molar-refractivity contribution in [3.05, 3.63) is 48.8 Å². The first-order chi connectivity index (χ1) is 11.9. The molecule has 0 radical (unpaired) electrons. The Balaban J connectivity index is 1.64. The summed E-state index contributed by atoms with van der Waals surface area (Å²) in [5.74, 6) is 0.859. The number of aliphatic hydroxyl groups is 1. The molecule has 24 heavy (non-hydrogen) atoms. The summed E-state index contributed by atoms with van der Waals surface area (Å²) in [4.78, 5) is 3.94. The Morgan fingerprint density at radius 1 is 0.750 bits per heavy atom. The second-order valence-electron chi connectivity index (χ2n) is 5.59. The minimum atomic E-state index is 0.307. The normalized spacial score (nSPS) is 11.0. The van der Waals surface area contributed by atoms with Crippen molar-refractivity contribution in [2.24, 2.45) is 10.2 Å². The number of hydrogen-bond donors (Lipinski definition) is 1. The lowest BCUT2D eigenvalue weighted by molar-refractivity contribution is 0.280. The third-order valence-corrected chi connectivity index (χ3v) is 3.60. The van der Waals surface area contributed by atoms with E-state index in [9.17, 15) is 0 Å². The van der Waals surface area contributed by atoms with Gasteiger partial charge in [-0.15, -0.1) is 0 Å². The van der Waals surface area contributed by atoms with Crippen LogP contribution in [0.2, 0.25) is 0 Å². The van der Waals surface area contributed by atoms with Crippen LogP contribution in [0.5, 0.6) is 5.75 Å². The zero-order valence-electron chi connectivity index (χ0n) is 14.0. The van der Waals surface area contributed by atoms with Gasteiger partial charge in [0.15, 0.2) is 0 Å². The van der Waals surface area contributed by atoms with Crippen LogP contribution in [0.4, 0.5) is 11.4 Å². The van der Waals surface area contributed by atoms with Crippen molar-refractivity contribution in [1.29, 1.82) is 0 Å². The molecule has 0 atom stereocenters. The molecule has 0 aliphatic carbocycles. The molecule has 0 aliphatic rings. The van der Waals surface area contributed by atoms with Gasteiger partial charge in [-0.2, -0.15) is 10.2 Å². The first-order valence-electron chi connectivity index (χ1n) is 8.54.